The van der Waals surface area contributed by atoms with E-state index in [0.29, 0.717) is 12.5 Å². The molecule has 0 atom stereocenters. The van der Waals surface area contributed by atoms with Crippen LogP contribution >= 0.6 is 0 Å². The van der Waals surface area contributed by atoms with Gasteiger partial charge < -0.3 is 9.84 Å². The Bertz CT molecular complexity index is 345. The second-order valence-electron chi connectivity index (χ2n) is 4.25. The van der Waals surface area contributed by atoms with Crippen molar-refractivity contribution in [1.82, 2.24) is 0 Å². The van der Waals surface area contributed by atoms with Crippen LogP contribution in [0.15, 0.2) is 24.3 Å². The van der Waals surface area contributed by atoms with Gasteiger partial charge in [0.25, 0.3) is 0 Å². The second-order valence-corrected chi connectivity index (χ2v) is 4.25. The first kappa shape index (κ1) is 12.6. The van der Waals surface area contributed by atoms with E-state index < -0.39 is 5.97 Å². The molecule has 0 aromatic heterocycles. The summed E-state index contributed by atoms with van der Waals surface area (Å²) in [5, 5.41) is 8.67. The van der Waals surface area contributed by atoms with Crippen LogP contribution < -0.4 is 4.74 Å². The minimum atomic E-state index is -0.820. The number of hydrogen-bond acceptors (Lipinski definition) is 2. The van der Waals surface area contributed by atoms with Crippen molar-refractivity contribution in [3.8, 4) is 5.75 Å². The molecule has 0 aliphatic rings. The summed E-state index contributed by atoms with van der Waals surface area (Å²) in [5.41, 5.74) is 0.773. The standard InChI is InChI=1S/C13H18O3/c1-10(2)6-7-16-12-5-3-4-11(8-12)9-13(14)15/h3-5,8,10H,6-7,9H2,1-2H3,(H,14,15). The third-order valence-corrected chi connectivity index (χ3v) is 2.22. The fourth-order valence-electron chi connectivity index (χ4n) is 1.33. The van der Waals surface area contributed by atoms with Crippen molar-refractivity contribution in [2.24, 2.45) is 5.92 Å². The van der Waals surface area contributed by atoms with Gasteiger partial charge in [-0.3, -0.25) is 4.79 Å². The fourth-order valence-corrected chi connectivity index (χ4v) is 1.33. The minimum Gasteiger partial charge on any atom is -0.494 e. The molecule has 0 saturated carbocycles. The highest BCUT2D eigenvalue weighted by molar-refractivity contribution is 5.70. The lowest BCUT2D eigenvalue weighted by molar-refractivity contribution is -0.136. The van der Waals surface area contributed by atoms with E-state index in [-0.39, 0.29) is 6.42 Å². The van der Waals surface area contributed by atoms with Crippen molar-refractivity contribution < 1.29 is 14.6 Å². The summed E-state index contributed by atoms with van der Waals surface area (Å²) >= 11 is 0. The summed E-state index contributed by atoms with van der Waals surface area (Å²) in [7, 11) is 0. The first-order valence-corrected chi connectivity index (χ1v) is 5.51. The number of rotatable bonds is 6. The molecule has 88 valence electrons. The van der Waals surface area contributed by atoms with E-state index in [1.807, 2.05) is 12.1 Å². The van der Waals surface area contributed by atoms with Gasteiger partial charge in [0, 0.05) is 0 Å². The van der Waals surface area contributed by atoms with Gasteiger partial charge in [-0.25, -0.2) is 0 Å². The predicted octanol–water partition coefficient (Wildman–Crippen LogP) is 2.74. The highest BCUT2D eigenvalue weighted by Crippen LogP contribution is 2.14. The average Bonchev–Trinajstić information content (AvgIpc) is 2.16. The largest absolute Gasteiger partial charge is 0.494 e. The van der Waals surface area contributed by atoms with Crippen LogP contribution in [0.5, 0.6) is 5.75 Å². The van der Waals surface area contributed by atoms with Gasteiger partial charge in [-0.1, -0.05) is 26.0 Å². The number of benzene rings is 1. The monoisotopic (exact) mass is 222 g/mol. The summed E-state index contributed by atoms with van der Waals surface area (Å²) in [6, 6.07) is 7.26. The van der Waals surface area contributed by atoms with Crippen molar-refractivity contribution in [1.29, 1.82) is 0 Å². The number of aliphatic carboxylic acids is 1. The van der Waals surface area contributed by atoms with Crippen molar-refractivity contribution in [2.45, 2.75) is 26.7 Å². The molecule has 1 aromatic rings. The molecule has 3 nitrogen and oxygen atoms in total. The molecular weight excluding hydrogens is 204 g/mol. The van der Waals surface area contributed by atoms with E-state index in [4.69, 9.17) is 9.84 Å². The molecule has 1 N–H and O–H groups in total. The zero-order valence-corrected chi connectivity index (χ0v) is 9.77. The average molecular weight is 222 g/mol. The first-order chi connectivity index (χ1) is 7.58. The van der Waals surface area contributed by atoms with Crippen molar-refractivity contribution in [3.05, 3.63) is 29.8 Å². The van der Waals surface area contributed by atoms with Crippen LogP contribution in [-0.2, 0) is 11.2 Å². The van der Waals surface area contributed by atoms with Gasteiger partial charge in [-0.05, 0) is 30.0 Å². The molecule has 0 spiro atoms. The van der Waals surface area contributed by atoms with Gasteiger partial charge in [0.05, 0.1) is 13.0 Å². The van der Waals surface area contributed by atoms with Gasteiger partial charge >= 0.3 is 5.97 Å². The molecule has 1 aromatic carbocycles. The van der Waals surface area contributed by atoms with Crippen molar-refractivity contribution in [2.75, 3.05) is 6.61 Å². The number of hydrogen-bond donors (Lipinski definition) is 1. The van der Waals surface area contributed by atoms with Crippen molar-refractivity contribution in [3.63, 3.8) is 0 Å². The fraction of sp³-hybridized carbons (Fsp3) is 0.462. The lowest BCUT2D eigenvalue weighted by Gasteiger charge is -2.08. The molecule has 0 bridgehead atoms. The first-order valence-electron chi connectivity index (χ1n) is 5.51. The summed E-state index contributed by atoms with van der Waals surface area (Å²) in [5.74, 6) is 0.543. The van der Waals surface area contributed by atoms with Gasteiger partial charge in [0.2, 0.25) is 0 Å². The lowest BCUT2D eigenvalue weighted by atomic mass is 10.1. The minimum absolute atomic E-state index is 0.0430. The van der Waals surface area contributed by atoms with Crippen molar-refractivity contribution >= 4 is 5.97 Å². The number of carboxylic acids is 1. The molecule has 0 fully saturated rings. The Morgan fingerprint density at radius 1 is 1.44 bits per heavy atom. The Labute approximate surface area is 96.1 Å². The zero-order valence-electron chi connectivity index (χ0n) is 9.77. The summed E-state index contributed by atoms with van der Waals surface area (Å²) in [6.07, 6.45) is 1.05. The van der Waals surface area contributed by atoms with E-state index in [1.54, 1.807) is 12.1 Å². The van der Waals surface area contributed by atoms with E-state index in [1.165, 1.54) is 0 Å². The Balaban J connectivity index is 2.50. The maximum Gasteiger partial charge on any atom is 0.307 e. The van der Waals surface area contributed by atoms with Crippen LogP contribution in [-0.4, -0.2) is 17.7 Å². The molecule has 3 heteroatoms. The third kappa shape index (κ3) is 4.82. The topological polar surface area (TPSA) is 46.5 Å². The molecule has 0 aliphatic heterocycles. The van der Waals surface area contributed by atoms with E-state index in [0.717, 1.165) is 17.7 Å². The van der Waals surface area contributed by atoms with Crippen LogP contribution in [0.1, 0.15) is 25.8 Å². The molecule has 1 rings (SSSR count). The smallest absolute Gasteiger partial charge is 0.307 e. The van der Waals surface area contributed by atoms with Crippen LogP contribution in [0, 0.1) is 5.92 Å². The van der Waals surface area contributed by atoms with Gasteiger partial charge in [-0.15, -0.1) is 0 Å². The Kier molecular flexibility index (Phi) is 4.83. The molecule has 0 heterocycles. The summed E-state index contributed by atoms with van der Waals surface area (Å²) in [4.78, 5) is 10.5. The quantitative estimate of drug-likeness (QED) is 0.805. The normalized spacial score (nSPS) is 10.4. The molecule has 0 aliphatic carbocycles. The van der Waals surface area contributed by atoms with Crippen LogP contribution in [0.2, 0.25) is 0 Å². The number of carbonyl (C=O) groups is 1. The van der Waals surface area contributed by atoms with Crippen LogP contribution in [0.3, 0.4) is 0 Å². The third-order valence-electron chi connectivity index (χ3n) is 2.22. The maximum absolute atomic E-state index is 10.5. The zero-order chi connectivity index (χ0) is 12.0. The van der Waals surface area contributed by atoms with E-state index in [2.05, 4.69) is 13.8 Å². The Morgan fingerprint density at radius 3 is 2.81 bits per heavy atom. The van der Waals surface area contributed by atoms with Gasteiger partial charge in [0.15, 0.2) is 0 Å². The molecule has 0 saturated heterocycles. The molecule has 0 unspecified atom stereocenters. The highest BCUT2D eigenvalue weighted by Gasteiger charge is 2.02. The van der Waals surface area contributed by atoms with Crippen LogP contribution in [0.25, 0.3) is 0 Å². The van der Waals surface area contributed by atoms with Gasteiger partial charge in [-0.2, -0.15) is 0 Å². The second kappa shape index (κ2) is 6.16. The molecule has 0 amide bonds. The molecule has 0 radical (unpaired) electrons. The predicted molar refractivity (Wildman–Crippen MR) is 62.7 cm³/mol. The SMILES string of the molecule is CC(C)CCOc1cccc(CC(=O)O)c1. The summed E-state index contributed by atoms with van der Waals surface area (Å²) < 4.78 is 5.55. The Hall–Kier alpha value is -1.51. The van der Waals surface area contributed by atoms with E-state index in [9.17, 15) is 4.79 Å². The number of carboxylic acid groups (broad SMARTS) is 1. The van der Waals surface area contributed by atoms with E-state index >= 15 is 0 Å². The molecular formula is C13H18O3. The highest BCUT2D eigenvalue weighted by atomic mass is 16.5. The maximum atomic E-state index is 10.5. The van der Waals surface area contributed by atoms with Gasteiger partial charge in [0.1, 0.15) is 5.75 Å². The Morgan fingerprint density at radius 2 is 2.19 bits per heavy atom. The lowest BCUT2D eigenvalue weighted by Crippen LogP contribution is -2.03. The number of ether oxygens (including phenoxy) is 1. The summed E-state index contributed by atoms with van der Waals surface area (Å²) in [6.45, 7) is 4.96. The van der Waals surface area contributed by atoms with Crippen LogP contribution in [0.4, 0.5) is 0 Å². The molecule has 16 heavy (non-hydrogen) atoms.